The van der Waals surface area contributed by atoms with Gasteiger partial charge in [0.25, 0.3) is 0 Å². The van der Waals surface area contributed by atoms with E-state index in [4.69, 9.17) is 0 Å². The predicted octanol–water partition coefficient (Wildman–Crippen LogP) is 2.16. The molecule has 19 heavy (non-hydrogen) atoms. The van der Waals surface area contributed by atoms with Gasteiger partial charge in [-0.15, -0.1) is 0 Å². The van der Waals surface area contributed by atoms with Gasteiger partial charge in [0.05, 0.1) is 11.8 Å². The molecule has 1 saturated carbocycles. The Bertz CT molecular complexity index is 385. The van der Waals surface area contributed by atoms with Crippen molar-refractivity contribution in [3.05, 3.63) is 12.2 Å². The summed E-state index contributed by atoms with van der Waals surface area (Å²) >= 11 is 0. The number of aliphatic carboxylic acids is 1. The summed E-state index contributed by atoms with van der Waals surface area (Å²) in [6.07, 6.45) is 6.69. The summed E-state index contributed by atoms with van der Waals surface area (Å²) in [7, 11) is 0. The fraction of sp³-hybridized carbons (Fsp3) is 0.733. The van der Waals surface area contributed by atoms with E-state index in [1.54, 1.807) is 0 Å². The summed E-state index contributed by atoms with van der Waals surface area (Å²) in [5.74, 6) is -1.43. The number of fused-ring (bicyclic) bond motifs is 2. The zero-order valence-corrected chi connectivity index (χ0v) is 11.7. The van der Waals surface area contributed by atoms with Crippen molar-refractivity contribution in [2.75, 3.05) is 13.1 Å². The van der Waals surface area contributed by atoms with Crippen molar-refractivity contribution in [1.82, 2.24) is 4.90 Å². The first kappa shape index (κ1) is 14.1. The highest BCUT2D eigenvalue weighted by Gasteiger charge is 2.52. The van der Waals surface area contributed by atoms with E-state index in [1.807, 2.05) is 30.9 Å². The van der Waals surface area contributed by atoms with Gasteiger partial charge in [0.15, 0.2) is 0 Å². The molecular formula is C15H23NO3. The van der Waals surface area contributed by atoms with Crippen LogP contribution >= 0.6 is 0 Å². The van der Waals surface area contributed by atoms with Crippen molar-refractivity contribution in [1.29, 1.82) is 0 Å². The monoisotopic (exact) mass is 265 g/mol. The lowest BCUT2D eigenvalue weighted by Crippen LogP contribution is -2.43. The molecule has 4 atom stereocenters. The molecule has 2 rings (SSSR count). The van der Waals surface area contributed by atoms with Gasteiger partial charge in [-0.05, 0) is 31.1 Å². The van der Waals surface area contributed by atoms with Crippen molar-refractivity contribution < 1.29 is 14.7 Å². The molecule has 0 radical (unpaired) electrons. The predicted molar refractivity (Wildman–Crippen MR) is 72.5 cm³/mol. The average molecular weight is 265 g/mol. The van der Waals surface area contributed by atoms with Crippen LogP contribution in [0.15, 0.2) is 12.2 Å². The third-order valence-electron chi connectivity index (χ3n) is 4.33. The molecule has 0 unspecified atom stereocenters. The Hall–Kier alpha value is -1.32. The van der Waals surface area contributed by atoms with Crippen LogP contribution in [0.5, 0.6) is 0 Å². The minimum absolute atomic E-state index is 0.0490. The maximum Gasteiger partial charge on any atom is 0.307 e. The second-order valence-corrected chi connectivity index (χ2v) is 5.66. The lowest BCUT2D eigenvalue weighted by molar-refractivity contribution is -0.151. The fourth-order valence-corrected chi connectivity index (χ4v) is 3.58. The fourth-order valence-electron chi connectivity index (χ4n) is 3.58. The number of carbonyl (C=O) groups is 2. The lowest BCUT2D eigenvalue weighted by atomic mass is 9.82. The smallest absolute Gasteiger partial charge is 0.307 e. The molecule has 4 nitrogen and oxygen atoms in total. The first-order valence-electron chi connectivity index (χ1n) is 7.30. The van der Waals surface area contributed by atoms with E-state index in [2.05, 4.69) is 0 Å². The van der Waals surface area contributed by atoms with Gasteiger partial charge < -0.3 is 10.0 Å². The Balaban J connectivity index is 2.16. The maximum atomic E-state index is 12.7. The number of rotatable bonds is 6. The number of hydrogen-bond acceptors (Lipinski definition) is 2. The normalized spacial score (nSPS) is 31.7. The molecule has 0 aromatic rings. The van der Waals surface area contributed by atoms with Crippen LogP contribution in [0.25, 0.3) is 0 Å². The van der Waals surface area contributed by atoms with E-state index in [0.29, 0.717) is 0 Å². The third-order valence-corrected chi connectivity index (χ3v) is 4.33. The summed E-state index contributed by atoms with van der Waals surface area (Å²) in [4.78, 5) is 26.0. The van der Waals surface area contributed by atoms with E-state index in [1.165, 1.54) is 0 Å². The molecule has 4 heteroatoms. The Kier molecular flexibility index (Phi) is 4.27. The van der Waals surface area contributed by atoms with Crippen molar-refractivity contribution in [2.24, 2.45) is 23.7 Å². The van der Waals surface area contributed by atoms with Crippen LogP contribution < -0.4 is 0 Å². The van der Waals surface area contributed by atoms with E-state index in [0.717, 1.165) is 32.4 Å². The van der Waals surface area contributed by atoms with Gasteiger partial charge >= 0.3 is 5.97 Å². The number of carboxylic acids is 1. The molecule has 0 aliphatic heterocycles. The highest BCUT2D eigenvalue weighted by Crippen LogP contribution is 2.48. The summed E-state index contributed by atoms with van der Waals surface area (Å²) in [5.41, 5.74) is 0. The topological polar surface area (TPSA) is 57.6 Å². The number of amides is 1. The van der Waals surface area contributed by atoms with Crippen molar-refractivity contribution in [3.8, 4) is 0 Å². The van der Waals surface area contributed by atoms with Crippen LogP contribution in [-0.4, -0.2) is 35.0 Å². The van der Waals surface area contributed by atoms with Gasteiger partial charge in [-0.2, -0.15) is 0 Å². The van der Waals surface area contributed by atoms with E-state index in [9.17, 15) is 14.7 Å². The van der Waals surface area contributed by atoms with Gasteiger partial charge in [0.1, 0.15) is 0 Å². The number of hydrogen-bond donors (Lipinski definition) is 1. The van der Waals surface area contributed by atoms with Gasteiger partial charge in [0, 0.05) is 13.1 Å². The van der Waals surface area contributed by atoms with Crippen LogP contribution in [0.1, 0.15) is 33.1 Å². The number of allylic oxidation sites excluding steroid dienone is 2. The maximum absolute atomic E-state index is 12.7. The molecule has 106 valence electrons. The Morgan fingerprint density at radius 2 is 1.63 bits per heavy atom. The van der Waals surface area contributed by atoms with Crippen LogP contribution in [0.2, 0.25) is 0 Å². The molecule has 1 N–H and O–H groups in total. The van der Waals surface area contributed by atoms with Gasteiger partial charge in [-0.3, -0.25) is 9.59 Å². The standard InChI is InChI=1S/C15H23NO3/c1-3-7-16(8-4-2)14(17)12-10-5-6-11(9-10)13(12)15(18)19/h5-6,10-13H,3-4,7-9H2,1-2H3,(H,18,19)/t10-,11-,12-,13-/m0/s1. The molecule has 2 bridgehead atoms. The highest BCUT2D eigenvalue weighted by molar-refractivity contribution is 5.87. The summed E-state index contributed by atoms with van der Waals surface area (Å²) in [6, 6.07) is 0. The number of nitrogens with zero attached hydrogens (tertiary/aromatic N) is 1. The van der Waals surface area contributed by atoms with Crippen LogP contribution in [0, 0.1) is 23.7 Å². The molecule has 0 aromatic carbocycles. The lowest BCUT2D eigenvalue weighted by Gasteiger charge is -2.30. The average Bonchev–Trinajstić information content (AvgIpc) is 2.97. The summed E-state index contributed by atoms with van der Waals surface area (Å²) < 4.78 is 0. The van der Waals surface area contributed by atoms with E-state index in [-0.39, 0.29) is 23.7 Å². The quantitative estimate of drug-likeness (QED) is 0.749. The Morgan fingerprint density at radius 3 is 2.11 bits per heavy atom. The number of carboxylic acid groups (broad SMARTS) is 1. The molecule has 0 saturated heterocycles. The van der Waals surface area contributed by atoms with Crippen molar-refractivity contribution in [2.45, 2.75) is 33.1 Å². The minimum atomic E-state index is -0.817. The van der Waals surface area contributed by atoms with E-state index >= 15 is 0 Å². The van der Waals surface area contributed by atoms with Crippen molar-refractivity contribution in [3.63, 3.8) is 0 Å². The highest BCUT2D eigenvalue weighted by atomic mass is 16.4. The zero-order chi connectivity index (χ0) is 14.0. The van der Waals surface area contributed by atoms with Gasteiger partial charge in [-0.1, -0.05) is 26.0 Å². The first-order valence-corrected chi connectivity index (χ1v) is 7.30. The molecule has 1 amide bonds. The number of carbonyl (C=O) groups excluding carboxylic acids is 1. The van der Waals surface area contributed by atoms with Crippen molar-refractivity contribution >= 4 is 11.9 Å². The van der Waals surface area contributed by atoms with Gasteiger partial charge in [0.2, 0.25) is 5.91 Å². The molecule has 2 aliphatic carbocycles. The largest absolute Gasteiger partial charge is 0.481 e. The Labute approximate surface area is 114 Å². The zero-order valence-electron chi connectivity index (χ0n) is 11.7. The molecule has 2 aliphatic rings. The minimum Gasteiger partial charge on any atom is -0.481 e. The molecule has 0 heterocycles. The molecular weight excluding hydrogens is 242 g/mol. The summed E-state index contributed by atoms with van der Waals surface area (Å²) in [6.45, 7) is 5.56. The first-order chi connectivity index (χ1) is 9.10. The summed E-state index contributed by atoms with van der Waals surface area (Å²) in [5, 5.41) is 9.39. The molecule has 0 aromatic heterocycles. The van der Waals surface area contributed by atoms with Crippen LogP contribution in [-0.2, 0) is 9.59 Å². The SMILES string of the molecule is CCCN(CCC)C(=O)[C@@H]1[C@@H](C(=O)O)[C@H]2C=C[C@H]1C2. The molecule has 1 fully saturated rings. The van der Waals surface area contributed by atoms with E-state index < -0.39 is 11.9 Å². The second-order valence-electron chi connectivity index (χ2n) is 5.66. The van der Waals surface area contributed by atoms with Crippen LogP contribution in [0.3, 0.4) is 0 Å². The third kappa shape index (κ3) is 2.53. The van der Waals surface area contributed by atoms with Crippen LogP contribution in [0.4, 0.5) is 0 Å². The van der Waals surface area contributed by atoms with Gasteiger partial charge in [-0.25, -0.2) is 0 Å². The Morgan fingerprint density at radius 1 is 1.11 bits per heavy atom. The molecule has 0 spiro atoms. The second kappa shape index (κ2) is 5.76.